The van der Waals surface area contributed by atoms with Crippen LogP contribution < -0.4 is 5.32 Å². The Labute approximate surface area is 114 Å². The first-order chi connectivity index (χ1) is 8.58. The molecule has 2 heteroatoms. The second kappa shape index (κ2) is 6.38. The van der Waals surface area contributed by atoms with E-state index in [4.69, 9.17) is 0 Å². The fraction of sp³-hybridized carbons (Fsp3) is 1.00. The van der Waals surface area contributed by atoms with Crippen molar-refractivity contribution >= 4 is 0 Å². The van der Waals surface area contributed by atoms with Crippen LogP contribution in [0.2, 0.25) is 0 Å². The highest BCUT2D eigenvalue weighted by molar-refractivity contribution is 4.89. The third-order valence-corrected chi connectivity index (χ3v) is 5.44. The van der Waals surface area contributed by atoms with Gasteiger partial charge in [-0.2, -0.15) is 0 Å². The van der Waals surface area contributed by atoms with Gasteiger partial charge in [-0.25, -0.2) is 0 Å². The predicted molar refractivity (Wildman–Crippen MR) is 78.8 cm³/mol. The number of hydrogen-bond donors (Lipinski definition) is 1. The fourth-order valence-electron chi connectivity index (χ4n) is 3.88. The minimum Gasteiger partial charge on any atom is -0.311 e. The molecule has 4 unspecified atom stereocenters. The normalized spacial score (nSPS) is 37.7. The van der Waals surface area contributed by atoms with E-state index in [1.165, 1.54) is 45.1 Å². The second-order valence-corrected chi connectivity index (χ2v) is 6.96. The molecule has 2 aliphatic rings. The van der Waals surface area contributed by atoms with Gasteiger partial charge >= 0.3 is 0 Å². The SMILES string of the molecule is CC1CN(C)C(C)CC1NC(C)C1CCCCC1. The fourth-order valence-corrected chi connectivity index (χ4v) is 3.88. The first-order valence-corrected chi connectivity index (χ1v) is 8.04. The third-order valence-electron chi connectivity index (χ3n) is 5.44. The molecule has 106 valence electrons. The molecule has 2 fully saturated rings. The summed E-state index contributed by atoms with van der Waals surface area (Å²) in [6.07, 6.45) is 8.58. The Morgan fingerprint density at radius 2 is 1.78 bits per heavy atom. The summed E-state index contributed by atoms with van der Waals surface area (Å²) in [5.74, 6) is 1.72. The summed E-state index contributed by atoms with van der Waals surface area (Å²) in [5, 5.41) is 3.96. The van der Waals surface area contributed by atoms with E-state index >= 15 is 0 Å². The molecule has 0 radical (unpaired) electrons. The predicted octanol–water partition coefficient (Wildman–Crippen LogP) is 3.27. The minimum absolute atomic E-state index is 0.716. The van der Waals surface area contributed by atoms with Crippen molar-refractivity contribution in [3.63, 3.8) is 0 Å². The lowest BCUT2D eigenvalue weighted by Crippen LogP contribution is -2.54. The van der Waals surface area contributed by atoms with Gasteiger partial charge in [0.25, 0.3) is 0 Å². The van der Waals surface area contributed by atoms with Crippen LogP contribution in [0.3, 0.4) is 0 Å². The Bertz CT molecular complexity index is 247. The monoisotopic (exact) mass is 252 g/mol. The van der Waals surface area contributed by atoms with E-state index in [-0.39, 0.29) is 0 Å². The Balaban J connectivity index is 1.84. The van der Waals surface area contributed by atoms with Gasteiger partial charge in [0.05, 0.1) is 0 Å². The van der Waals surface area contributed by atoms with Gasteiger partial charge in [0, 0.05) is 24.7 Å². The lowest BCUT2D eigenvalue weighted by Gasteiger charge is -2.42. The maximum Gasteiger partial charge on any atom is 0.0122 e. The van der Waals surface area contributed by atoms with Crippen LogP contribution >= 0.6 is 0 Å². The van der Waals surface area contributed by atoms with Crippen LogP contribution in [0.1, 0.15) is 59.3 Å². The van der Waals surface area contributed by atoms with E-state index in [0.29, 0.717) is 6.04 Å². The number of nitrogens with zero attached hydrogens (tertiary/aromatic N) is 1. The molecular formula is C16H32N2. The summed E-state index contributed by atoms with van der Waals surface area (Å²) in [4.78, 5) is 2.51. The van der Waals surface area contributed by atoms with E-state index in [0.717, 1.165) is 23.9 Å². The molecule has 0 spiro atoms. The Morgan fingerprint density at radius 3 is 2.44 bits per heavy atom. The van der Waals surface area contributed by atoms with Crippen molar-refractivity contribution in [3.8, 4) is 0 Å². The van der Waals surface area contributed by atoms with Crippen LogP contribution in [0.25, 0.3) is 0 Å². The van der Waals surface area contributed by atoms with Crippen LogP contribution in [0.5, 0.6) is 0 Å². The lowest BCUT2D eigenvalue weighted by atomic mass is 9.82. The first-order valence-electron chi connectivity index (χ1n) is 8.04. The van der Waals surface area contributed by atoms with Crippen molar-refractivity contribution in [1.29, 1.82) is 0 Å². The van der Waals surface area contributed by atoms with E-state index < -0.39 is 0 Å². The van der Waals surface area contributed by atoms with Gasteiger partial charge in [-0.05, 0) is 52.0 Å². The average Bonchev–Trinajstić information content (AvgIpc) is 2.37. The molecule has 1 saturated carbocycles. The highest BCUT2D eigenvalue weighted by atomic mass is 15.2. The summed E-state index contributed by atoms with van der Waals surface area (Å²) in [6.45, 7) is 8.45. The van der Waals surface area contributed by atoms with Crippen molar-refractivity contribution in [2.24, 2.45) is 11.8 Å². The van der Waals surface area contributed by atoms with Gasteiger partial charge in [0.1, 0.15) is 0 Å². The molecular weight excluding hydrogens is 220 g/mol. The Kier molecular flexibility index (Phi) is 5.08. The summed E-state index contributed by atoms with van der Waals surface area (Å²) in [7, 11) is 2.27. The molecule has 2 nitrogen and oxygen atoms in total. The highest BCUT2D eigenvalue weighted by Gasteiger charge is 2.31. The van der Waals surface area contributed by atoms with Crippen LogP contribution in [-0.4, -0.2) is 36.6 Å². The van der Waals surface area contributed by atoms with Crippen LogP contribution in [0, 0.1) is 11.8 Å². The second-order valence-electron chi connectivity index (χ2n) is 6.96. The Hall–Kier alpha value is -0.0800. The quantitative estimate of drug-likeness (QED) is 0.829. The maximum absolute atomic E-state index is 3.96. The smallest absolute Gasteiger partial charge is 0.0122 e. The summed E-state index contributed by atoms with van der Waals surface area (Å²) in [6, 6.07) is 2.18. The molecule has 0 aromatic carbocycles. The van der Waals surface area contributed by atoms with E-state index in [9.17, 15) is 0 Å². The van der Waals surface area contributed by atoms with E-state index in [2.05, 4.69) is 38.0 Å². The molecule has 0 aromatic rings. The van der Waals surface area contributed by atoms with Gasteiger partial charge in [-0.1, -0.05) is 26.2 Å². The molecule has 2 rings (SSSR count). The molecule has 1 heterocycles. The van der Waals surface area contributed by atoms with E-state index in [1.54, 1.807) is 0 Å². The zero-order valence-electron chi connectivity index (χ0n) is 12.8. The summed E-state index contributed by atoms with van der Waals surface area (Å²) < 4.78 is 0. The minimum atomic E-state index is 0.716. The van der Waals surface area contributed by atoms with Gasteiger partial charge in [0.15, 0.2) is 0 Å². The molecule has 0 bridgehead atoms. The molecule has 18 heavy (non-hydrogen) atoms. The van der Waals surface area contributed by atoms with Crippen LogP contribution in [-0.2, 0) is 0 Å². The standard InChI is InChI=1S/C16H32N2/c1-12-11-18(4)13(2)10-16(12)17-14(3)15-8-6-5-7-9-15/h12-17H,5-11H2,1-4H3. The maximum atomic E-state index is 3.96. The highest BCUT2D eigenvalue weighted by Crippen LogP contribution is 2.28. The van der Waals surface area contributed by atoms with Gasteiger partial charge in [-0.3, -0.25) is 0 Å². The van der Waals surface area contributed by atoms with Crippen molar-refractivity contribution in [2.75, 3.05) is 13.6 Å². The lowest BCUT2D eigenvalue weighted by molar-refractivity contribution is 0.108. The molecule has 0 aromatic heterocycles. The zero-order chi connectivity index (χ0) is 13.1. The number of piperidine rings is 1. The third kappa shape index (κ3) is 3.48. The molecule has 1 N–H and O–H groups in total. The van der Waals surface area contributed by atoms with Crippen molar-refractivity contribution < 1.29 is 0 Å². The van der Waals surface area contributed by atoms with Crippen LogP contribution in [0.15, 0.2) is 0 Å². The van der Waals surface area contributed by atoms with Gasteiger partial charge in [-0.15, -0.1) is 0 Å². The van der Waals surface area contributed by atoms with Crippen molar-refractivity contribution in [1.82, 2.24) is 10.2 Å². The molecule has 1 aliphatic heterocycles. The molecule has 4 atom stereocenters. The Morgan fingerprint density at radius 1 is 1.11 bits per heavy atom. The number of nitrogens with one attached hydrogen (secondary N) is 1. The van der Waals surface area contributed by atoms with Gasteiger partial charge < -0.3 is 10.2 Å². The van der Waals surface area contributed by atoms with Crippen molar-refractivity contribution in [3.05, 3.63) is 0 Å². The number of likely N-dealkylation sites (tertiary alicyclic amines) is 1. The molecule has 1 aliphatic carbocycles. The van der Waals surface area contributed by atoms with Crippen molar-refractivity contribution in [2.45, 2.75) is 77.4 Å². The number of rotatable bonds is 3. The van der Waals surface area contributed by atoms with Gasteiger partial charge in [0.2, 0.25) is 0 Å². The topological polar surface area (TPSA) is 15.3 Å². The summed E-state index contributed by atoms with van der Waals surface area (Å²) >= 11 is 0. The van der Waals surface area contributed by atoms with Crippen LogP contribution in [0.4, 0.5) is 0 Å². The molecule has 0 amide bonds. The molecule has 1 saturated heterocycles. The largest absolute Gasteiger partial charge is 0.311 e. The first kappa shape index (κ1) is 14.3. The van der Waals surface area contributed by atoms with E-state index in [1.807, 2.05) is 0 Å². The average molecular weight is 252 g/mol. The zero-order valence-corrected chi connectivity index (χ0v) is 12.8. The summed E-state index contributed by atoms with van der Waals surface area (Å²) in [5.41, 5.74) is 0. The number of hydrogen-bond acceptors (Lipinski definition) is 2.